The van der Waals surface area contributed by atoms with Crippen LogP contribution in [-0.4, -0.2) is 18.1 Å². The standard InChI is InChI=1S/C15H24N2O/c1-5-18-13-9-12(10-16-11-13)15(14(2,3)4)7-6-8-17-15/h9-11,17H,5-8H2,1-4H3. The number of aromatic nitrogens is 1. The van der Waals surface area contributed by atoms with Crippen molar-refractivity contribution in [3.8, 4) is 5.75 Å². The molecule has 1 aromatic heterocycles. The molecule has 1 aliphatic rings. The SMILES string of the molecule is CCOc1cncc(C2(C(C)(C)C)CCCN2)c1. The number of ether oxygens (including phenoxy) is 1. The summed E-state index contributed by atoms with van der Waals surface area (Å²) in [6.07, 6.45) is 6.15. The van der Waals surface area contributed by atoms with E-state index in [4.69, 9.17) is 4.74 Å². The smallest absolute Gasteiger partial charge is 0.137 e. The normalized spacial score (nSPS) is 24.2. The van der Waals surface area contributed by atoms with E-state index in [1.54, 1.807) is 6.20 Å². The molecule has 0 aliphatic carbocycles. The molecule has 0 radical (unpaired) electrons. The Morgan fingerprint density at radius 2 is 2.17 bits per heavy atom. The largest absolute Gasteiger partial charge is 0.492 e. The molecule has 0 bridgehead atoms. The monoisotopic (exact) mass is 248 g/mol. The van der Waals surface area contributed by atoms with Gasteiger partial charge in [-0.15, -0.1) is 0 Å². The lowest BCUT2D eigenvalue weighted by Gasteiger charge is -2.42. The first-order valence-corrected chi connectivity index (χ1v) is 6.83. The van der Waals surface area contributed by atoms with Crippen LogP contribution in [0.1, 0.15) is 46.1 Å². The van der Waals surface area contributed by atoms with Crippen LogP contribution >= 0.6 is 0 Å². The van der Waals surface area contributed by atoms with Crippen molar-refractivity contribution in [2.45, 2.75) is 46.1 Å². The molecule has 1 N–H and O–H groups in total. The van der Waals surface area contributed by atoms with Gasteiger partial charge in [-0.1, -0.05) is 20.8 Å². The minimum atomic E-state index is 0.0209. The van der Waals surface area contributed by atoms with E-state index in [1.165, 1.54) is 12.0 Å². The van der Waals surface area contributed by atoms with E-state index in [1.807, 2.05) is 13.1 Å². The predicted octanol–water partition coefficient (Wildman–Crippen LogP) is 3.11. The molecule has 1 aromatic rings. The average Bonchev–Trinajstić information content (AvgIpc) is 2.79. The van der Waals surface area contributed by atoms with Gasteiger partial charge in [-0.05, 0) is 43.4 Å². The van der Waals surface area contributed by atoms with Crippen molar-refractivity contribution >= 4 is 0 Å². The number of pyridine rings is 1. The quantitative estimate of drug-likeness (QED) is 0.892. The third kappa shape index (κ3) is 2.24. The predicted molar refractivity (Wildman–Crippen MR) is 73.8 cm³/mol. The molecule has 100 valence electrons. The fourth-order valence-corrected chi connectivity index (χ4v) is 2.96. The van der Waals surface area contributed by atoms with Crippen molar-refractivity contribution in [1.82, 2.24) is 10.3 Å². The highest BCUT2D eigenvalue weighted by molar-refractivity contribution is 5.32. The highest BCUT2D eigenvalue weighted by atomic mass is 16.5. The Bertz CT molecular complexity index is 403. The summed E-state index contributed by atoms with van der Waals surface area (Å²) < 4.78 is 5.57. The van der Waals surface area contributed by atoms with Crippen LogP contribution in [-0.2, 0) is 5.54 Å². The van der Waals surface area contributed by atoms with Crippen molar-refractivity contribution in [2.24, 2.45) is 5.41 Å². The topological polar surface area (TPSA) is 34.1 Å². The molecule has 0 aromatic carbocycles. The first-order valence-electron chi connectivity index (χ1n) is 6.83. The van der Waals surface area contributed by atoms with E-state index in [0.29, 0.717) is 6.61 Å². The van der Waals surface area contributed by atoms with Crippen LogP contribution in [0.5, 0.6) is 5.75 Å². The van der Waals surface area contributed by atoms with Crippen LogP contribution in [0.15, 0.2) is 18.5 Å². The molecule has 1 aliphatic heterocycles. The summed E-state index contributed by atoms with van der Waals surface area (Å²) in [4.78, 5) is 4.34. The summed E-state index contributed by atoms with van der Waals surface area (Å²) in [6, 6.07) is 2.14. The van der Waals surface area contributed by atoms with E-state index in [2.05, 4.69) is 37.1 Å². The zero-order valence-corrected chi connectivity index (χ0v) is 11.9. The molecule has 1 saturated heterocycles. The number of hydrogen-bond acceptors (Lipinski definition) is 3. The van der Waals surface area contributed by atoms with Gasteiger partial charge in [0.25, 0.3) is 0 Å². The number of nitrogens with one attached hydrogen (secondary N) is 1. The molecular formula is C15H24N2O. The third-order valence-electron chi connectivity index (χ3n) is 3.95. The Balaban J connectivity index is 2.40. The van der Waals surface area contributed by atoms with Gasteiger partial charge in [-0.3, -0.25) is 4.98 Å². The maximum absolute atomic E-state index is 5.57. The Morgan fingerprint density at radius 1 is 1.39 bits per heavy atom. The molecule has 2 heterocycles. The summed E-state index contributed by atoms with van der Waals surface area (Å²) >= 11 is 0. The number of hydrogen-bond donors (Lipinski definition) is 1. The van der Waals surface area contributed by atoms with Gasteiger partial charge in [-0.25, -0.2) is 0 Å². The maximum atomic E-state index is 5.57. The summed E-state index contributed by atoms with van der Waals surface area (Å²) in [6.45, 7) is 10.6. The highest BCUT2D eigenvalue weighted by Crippen LogP contribution is 2.45. The molecule has 0 amide bonds. The van der Waals surface area contributed by atoms with Gasteiger partial charge in [0.05, 0.1) is 18.3 Å². The minimum absolute atomic E-state index is 0.0209. The van der Waals surface area contributed by atoms with Crippen molar-refractivity contribution in [3.05, 3.63) is 24.0 Å². The van der Waals surface area contributed by atoms with Crippen molar-refractivity contribution < 1.29 is 4.74 Å². The molecule has 0 saturated carbocycles. The summed E-state index contributed by atoms with van der Waals surface area (Å²) in [5.74, 6) is 0.868. The van der Waals surface area contributed by atoms with E-state index < -0.39 is 0 Å². The Kier molecular flexibility index (Phi) is 3.62. The molecule has 1 unspecified atom stereocenters. The van der Waals surface area contributed by atoms with E-state index in [-0.39, 0.29) is 11.0 Å². The molecular weight excluding hydrogens is 224 g/mol. The van der Waals surface area contributed by atoms with Crippen LogP contribution in [0, 0.1) is 5.41 Å². The van der Waals surface area contributed by atoms with Gasteiger partial charge in [0.15, 0.2) is 0 Å². The third-order valence-corrected chi connectivity index (χ3v) is 3.95. The first kappa shape index (κ1) is 13.3. The zero-order valence-electron chi connectivity index (χ0n) is 11.9. The van der Waals surface area contributed by atoms with E-state index in [9.17, 15) is 0 Å². The van der Waals surface area contributed by atoms with Crippen molar-refractivity contribution in [1.29, 1.82) is 0 Å². The summed E-state index contributed by atoms with van der Waals surface area (Å²) in [5, 5.41) is 3.70. The maximum Gasteiger partial charge on any atom is 0.137 e. The van der Waals surface area contributed by atoms with E-state index >= 15 is 0 Å². The first-order chi connectivity index (χ1) is 8.49. The zero-order chi connectivity index (χ0) is 13.2. The lowest BCUT2D eigenvalue weighted by atomic mass is 9.69. The van der Waals surface area contributed by atoms with Crippen LogP contribution in [0.25, 0.3) is 0 Å². The van der Waals surface area contributed by atoms with Gasteiger partial charge in [-0.2, -0.15) is 0 Å². The fourth-order valence-electron chi connectivity index (χ4n) is 2.96. The summed E-state index contributed by atoms with van der Waals surface area (Å²) in [7, 11) is 0. The second-order valence-electron chi connectivity index (χ2n) is 6.03. The molecule has 1 atom stereocenters. The van der Waals surface area contributed by atoms with Crippen LogP contribution in [0.4, 0.5) is 0 Å². The van der Waals surface area contributed by atoms with Crippen LogP contribution in [0.2, 0.25) is 0 Å². The van der Waals surface area contributed by atoms with Gasteiger partial charge < -0.3 is 10.1 Å². The fraction of sp³-hybridized carbons (Fsp3) is 0.667. The second-order valence-corrected chi connectivity index (χ2v) is 6.03. The molecule has 0 spiro atoms. The summed E-state index contributed by atoms with van der Waals surface area (Å²) in [5.41, 5.74) is 1.43. The Hall–Kier alpha value is -1.09. The molecule has 1 fully saturated rings. The van der Waals surface area contributed by atoms with Gasteiger partial charge >= 0.3 is 0 Å². The molecule has 18 heavy (non-hydrogen) atoms. The van der Waals surface area contributed by atoms with E-state index in [0.717, 1.165) is 18.7 Å². The van der Waals surface area contributed by atoms with Gasteiger partial charge in [0.2, 0.25) is 0 Å². The highest BCUT2D eigenvalue weighted by Gasteiger charge is 2.45. The van der Waals surface area contributed by atoms with Crippen LogP contribution in [0.3, 0.4) is 0 Å². The van der Waals surface area contributed by atoms with Crippen molar-refractivity contribution in [2.75, 3.05) is 13.2 Å². The van der Waals surface area contributed by atoms with Crippen molar-refractivity contribution in [3.63, 3.8) is 0 Å². The lowest BCUT2D eigenvalue weighted by molar-refractivity contribution is 0.159. The minimum Gasteiger partial charge on any atom is -0.492 e. The molecule has 2 rings (SSSR count). The molecule has 3 nitrogen and oxygen atoms in total. The van der Waals surface area contributed by atoms with Gasteiger partial charge in [0.1, 0.15) is 5.75 Å². The lowest BCUT2D eigenvalue weighted by Crippen LogP contribution is -2.48. The average molecular weight is 248 g/mol. The van der Waals surface area contributed by atoms with Crippen LogP contribution < -0.4 is 10.1 Å². The number of rotatable bonds is 3. The Morgan fingerprint density at radius 3 is 2.72 bits per heavy atom. The number of nitrogens with zero attached hydrogens (tertiary/aromatic N) is 1. The Labute approximate surface area is 110 Å². The molecule has 3 heteroatoms. The second kappa shape index (κ2) is 4.88. The van der Waals surface area contributed by atoms with Gasteiger partial charge in [0, 0.05) is 6.20 Å².